The van der Waals surface area contributed by atoms with Crippen LogP contribution in [0.1, 0.15) is 38.5 Å². The van der Waals surface area contributed by atoms with Gasteiger partial charge in [-0.05, 0) is 25.0 Å². The molecule has 1 aromatic carbocycles. The summed E-state index contributed by atoms with van der Waals surface area (Å²) < 4.78 is 26.0. The van der Waals surface area contributed by atoms with Crippen molar-refractivity contribution in [1.29, 1.82) is 0 Å². The Morgan fingerprint density at radius 2 is 1.67 bits per heavy atom. The molecule has 1 aliphatic carbocycles. The van der Waals surface area contributed by atoms with Crippen molar-refractivity contribution in [3.63, 3.8) is 0 Å². The van der Waals surface area contributed by atoms with Crippen LogP contribution in [0.5, 0.6) is 0 Å². The molecule has 2 aliphatic rings. The molecule has 0 N–H and O–H groups in total. The van der Waals surface area contributed by atoms with Gasteiger partial charge in [0.2, 0.25) is 15.9 Å². The first kappa shape index (κ1) is 20.1. The van der Waals surface area contributed by atoms with Crippen molar-refractivity contribution >= 4 is 21.6 Å². The molecule has 27 heavy (non-hydrogen) atoms. The largest absolute Gasteiger partial charge is 0.368 e. The maximum absolute atomic E-state index is 12.6. The molecular weight excluding hydrogens is 362 g/mol. The average Bonchev–Trinajstić information content (AvgIpc) is 2.68. The van der Waals surface area contributed by atoms with Gasteiger partial charge in [0.1, 0.15) is 0 Å². The number of nitrogens with zero attached hydrogens (tertiary/aromatic N) is 3. The summed E-state index contributed by atoms with van der Waals surface area (Å²) in [6.07, 6.45) is 6.70. The topological polar surface area (TPSA) is 60.9 Å². The summed E-state index contributed by atoms with van der Waals surface area (Å²) in [6, 6.07) is 10.3. The van der Waals surface area contributed by atoms with Crippen molar-refractivity contribution in [2.45, 2.75) is 44.6 Å². The molecule has 0 atom stereocenters. The highest BCUT2D eigenvalue weighted by Gasteiger charge is 2.29. The number of amides is 1. The lowest BCUT2D eigenvalue weighted by Crippen LogP contribution is -2.50. The maximum atomic E-state index is 12.6. The summed E-state index contributed by atoms with van der Waals surface area (Å²) in [5, 5.41) is 0. The van der Waals surface area contributed by atoms with Crippen LogP contribution < -0.4 is 4.90 Å². The number of para-hydroxylation sites is 1. The van der Waals surface area contributed by atoms with Crippen LogP contribution in [0.15, 0.2) is 30.3 Å². The summed E-state index contributed by atoms with van der Waals surface area (Å²) in [5.74, 6) is 0.0622. The first-order valence-electron chi connectivity index (χ1n) is 10.00. The van der Waals surface area contributed by atoms with Crippen molar-refractivity contribution in [3.05, 3.63) is 30.3 Å². The molecule has 1 heterocycles. The molecule has 7 heteroatoms. The Balaban J connectivity index is 1.51. The highest BCUT2D eigenvalue weighted by atomic mass is 32.2. The zero-order valence-corrected chi connectivity index (χ0v) is 17.0. The number of sulfonamides is 1. The Kier molecular flexibility index (Phi) is 6.76. The van der Waals surface area contributed by atoms with Crippen molar-refractivity contribution in [2.24, 2.45) is 0 Å². The zero-order chi connectivity index (χ0) is 19.3. The predicted molar refractivity (Wildman–Crippen MR) is 108 cm³/mol. The second kappa shape index (κ2) is 9.06. The Hall–Kier alpha value is -1.60. The number of benzene rings is 1. The van der Waals surface area contributed by atoms with E-state index < -0.39 is 10.0 Å². The van der Waals surface area contributed by atoms with Crippen molar-refractivity contribution in [1.82, 2.24) is 9.21 Å². The minimum absolute atomic E-state index is 0.0622. The number of anilines is 1. The van der Waals surface area contributed by atoms with Gasteiger partial charge in [0.05, 0.1) is 6.26 Å². The molecular formula is C20H31N3O3S. The van der Waals surface area contributed by atoms with Gasteiger partial charge in [-0.2, -0.15) is 4.31 Å². The van der Waals surface area contributed by atoms with E-state index in [-0.39, 0.29) is 18.4 Å². The van der Waals surface area contributed by atoms with Gasteiger partial charge in [-0.25, -0.2) is 8.42 Å². The quantitative estimate of drug-likeness (QED) is 0.744. The number of hydrogen-bond acceptors (Lipinski definition) is 4. The van der Waals surface area contributed by atoms with Gasteiger partial charge in [0.25, 0.3) is 0 Å². The zero-order valence-electron chi connectivity index (χ0n) is 16.2. The van der Waals surface area contributed by atoms with Gasteiger partial charge in [0, 0.05) is 50.9 Å². The summed E-state index contributed by atoms with van der Waals surface area (Å²) >= 11 is 0. The average molecular weight is 394 g/mol. The third-order valence-electron chi connectivity index (χ3n) is 5.71. The molecule has 3 rings (SSSR count). The van der Waals surface area contributed by atoms with Crippen LogP contribution in [-0.4, -0.2) is 68.6 Å². The standard InChI is InChI=1S/C20H31N3O3S/c1-27(25,26)23(19-10-6-3-7-11-19)13-12-20(24)22-16-14-21(15-17-22)18-8-4-2-5-9-18/h2,4-5,8-9,19H,3,6-7,10-17H2,1H3. The molecule has 0 aromatic heterocycles. The van der Waals surface area contributed by atoms with E-state index in [0.717, 1.165) is 38.8 Å². The van der Waals surface area contributed by atoms with E-state index in [1.807, 2.05) is 23.1 Å². The molecule has 6 nitrogen and oxygen atoms in total. The predicted octanol–water partition coefficient (Wildman–Crippen LogP) is 2.32. The normalized spacial score (nSPS) is 19.5. The van der Waals surface area contributed by atoms with Crippen LogP contribution in [0.3, 0.4) is 0 Å². The highest BCUT2D eigenvalue weighted by molar-refractivity contribution is 7.88. The van der Waals surface area contributed by atoms with E-state index in [9.17, 15) is 13.2 Å². The Labute approximate surface area is 163 Å². The maximum Gasteiger partial charge on any atom is 0.224 e. The van der Waals surface area contributed by atoms with Crippen LogP contribution >= 0.6 is 0 Å². The van der Waals surface area contributed by atoms with E-state index in [1.165, 1.54) is 18.4 Å². The summed E-state index contributed by atoms with van der Waals surface area (Å²) in [6.45, 7) is 3.32. The molecule has 1 aliphatic heterocycles. The number of rotatable bonds is 6. The number of hydrogen-bond donors (Lipinski definition) is 0. The third-order valence-corrected chi connectivity index (χ3v) is 7.04. The SMILES string of the molecule is CS(=O)(=O)N(CCC(=O)N1CCN(c2ccccc2)CC1)C1CCCCC1. The molecule has 1 amide bonds. The van der Waals surface area contributed by atoms with Crippen LogP contribution in [0.25, 0.3) is 0 Å². The molecule has 1 aromatic rings. The van der Waals surface area contributed by atoms with E-state index in [0.29, 0.717) is 19.6 Å². The summed E-state index contributed by atoms with van der Waals surface area (Å²) in [4.78, 5) is 16.8. The van der Waals surface area contributed by atoms with E-state index >= 15 is 0 Å². The smallest absolute Gasteiger partial charge is 0.224 e. The Morgan fingerprint density at radius 3 is 2.26 bits per heavy atom. The fourth-order valence-corrected chi connectivity index (χ4v) is 5.38. The van der Waals surface area contributed by atoms with Crippen LogP contribution in [0.4, 0.5) is 5.69 Å². The summed E-state index contributed by atoms with van der Waals surface area (Å²) in [7, 11) is -3.28. The van der Waals surface area contributed by atoms with Gasteiger partial charge in [-0.15, -0.1) is 0 Å². The van der Waals surface area contributed by atoms with Crippen molar-refractivity contribution in [2.75, 3.05) is 43.9 Å². The molecule has 0 radical (unpaired) electrons. The third kappa shape index (κ3) is 5.45. The lowest BCUT2D eigenvalue weighted by Gasteiger charge is -2.37. The molecule has 150 valence electrons. The monoisotopic (exact) mass is 393 g/mol. The van der Waals surface area contributed by atoms with Crippen molar-refractivity contribution < 1.29 is 13.2 Å². The Morgan fingerprint density at radius 1 is 1.04 bits per heavy atom. The minimum atomic E-state index is -3.28. The number of piperazine rings is 1. The number of carbonyl (C=O) groups is 1. The number of carbonyl (C=O) groups excluding carboxylic acids is 1. The highest BCUT2D eigenvalue weighted by Crippen LogP contribution is 2.25. The molecule has 1 saturated heterocycles. The molecule has 1 saturated carbocycles. The molecule has 0 spiro atoms. The lowest BCUT2D eigenvalue weighted by molar-refractivity contribution is -0.131. The molecule has 2 fully saturated rings. The molecule has 0 bridgehead atoms. The van der Waals surface area contributed by atoms with Gasteiger partial charge in [-0.1, -0.05) is 37.5 Å². The van der Waals surface area contributed by atoms with Crippen LogP contribution in [0, 0.1) is 0 Å². The fraction of sp³-hybridized carbons (Fsp3) is 0.650. The van der Waals surface area contributed by atoms with Gasteiger partial charge >= 0.3 is 0 Å². The van der Waals surface area contributed by atoms with E-state index in [2.05, 4.69) is 17.0 Å². The van der Waals surface area contributed by atoms with Gasteiger partial charge in [-0.3, -0.25) is 4.79 Å². The molecule has 0 unspecified atom stereocenters. The summed E-state index contributed by atoms with van der Waals surface area (Å²) in [5.41, 5.74) is 1.19. The van der Waals surface area contributed by atoms with Gasteiger partial charge < -0.3 is 9.80 Å². The van der Waals surface area contributed by atoms with E-state index in [1.54, 1.807) is 4.31 Å². The van der Waals surface area contributed by atoms with Crippen molar-refractivity contribution in [3.8, 4) is 0 Å². The second-order valence-corrected chi connectivity index (χ2v) is 9.55. The van der Waals surface area contributed by atoms with Crippen LogP contribution in [-0.2, 0) is 14.8 Å². The first-order chi connectivity index (χ1) is 12.9. The van der Waals surface area contributed by atoms with E-state index in [4.69, 9.17) is 0 Å². The lowest BCUT2D eigenvalue weighted by atomic mass is 9.95. The Bertz CT molecular complexity index is 709. The first-order valence-corrected chi connectivity index (χ1v) is 11.8. The van der Waals surface area contributed by atoms with Crippen LogP contribution in [0.2, 0.25) is 0 Å². The minimum Gasteiger partial charge on any atom is -0.368 e. The van der Waals surface area contributed by atoms with Gasteiger partial charge in [0.15, 0.2) is 0 Å². The fourth-order valence-electron chi connectivity index (χ4n) is 4.21. The second-order valence-electron chi connectivity index (χ2n) is 7.62.